The van der Waals surface area contributed by atoms with Gasteiger partial charge in [-0.1, -0.05) is 37.3 Å². The van der Waals surface area contributed by atoms with Crippen LogP contribution in [-0.4, -0.2) is 77.1 Å². The zero-order valence-electron chi connectivity index (χ0n) is 27.9. The topological polar surface area (TPSA) is 154 Å². The van der Waals surface area contributed by atoms with E-state index in [2.05, 4.69) is 4.98 Å². The van der Waals surface area contributed by atoms with Gasteiger partial charge in [0.25, 0.3) is 0 Å². The van der Waals surface area contributed by atoms with Gasteiger partial charge in [0.05, 0.1) is 17.1 Å². The minimum atomic E-state index is -1.74. The molecule has 8 atom stereocenters. The third-order valence-electron chi connectivity index (χ3n) is 9.75. The molecule has 2 aliphatic carbocycles. The number of benzene rings is 1. The van der Waals surface area contributed by atoms with Crippen LogP contribution in [0.5, 0.6) is 0 Å². The Bertz CT molecular complexity index is 1570. The van der Waals surface area contributed by atoms with Gasteiger partial charge in [0.1, 0.15) is 35.9 Å². The molecule has 1 aromatic heterocycles. The lowest BCUT2D eigenvalue weighted by Crippen LogP contribution is -2.79. The van der Waals surface area contributed by atoms with Crippen molar-refractivity contribution in [3.05, 3.63) is 72.1 Å². The van der Waals surface area contributed by atoms with Crippen LogP contribution >= 0.6 is 0 Å². The van der Waals surface area contributed by atoms with Crippen LogP contribution in [0, 0.1) is 17.3 Å². The summed E-state index contributed by atoms with van der Waals surface area (Å²) < 4.78 is 37.4. The largest absolute Gasteiger partial charge is 0.465 e. The summed E-state index contributed by atoms with van der Waals surface area (Å²) in [6.45, 7) is 8.63. The summed E-state index contributed by atoms with van der Waals surface area (Å²) in [5.41, 5.74) is -3.58. The second kappa shape index (κ2) is 13.5. The first-order valence-electron chi connectivity index (χ1n) is 16.0. The molecule has 0 amide bonds. The number of hydrogen-bond donors (Lipinski definition) is 0. The molecule has 0 unspecified atom stereocenters. The predicted molar refractivity (Wildman–Crippen MR) is 169 cm³/mol. The Morgan fingerprint density at radius 2 is 1.58 bits per heavy atom. The zero-order valence-corrected chi connectivity index (χ0v) is 27.9. The van der Waals surface area contributed by atoms with E-state index in [1.807, 2.05) is 37.3 Å². The molecule has 0 N–H and O–H groups in total. The SMILES string of the molecule is CC(=O)OC[C@@]12[C@@H](OC(=O)/C=C/c3ccccc3)CC[C@@H](C)[C@]13OC(C)(C)[C@H]([C@@H](OC(C)=O)[C@H]2OC(=O)c1cccnc1)[C@H]3OC(C)=O. The normalized spacial score (nSPS) is 31.6. The summed E-state index contributed by atoms with van der Waals surface area (Å²) in [6, 6.07) is 12.2. The first-order valence-corrected chi connectivity index (χ1v) is 16.0. The molecule has 2 saturated carbocycles. The maximum atomic E-state index is 13.9. The summed E-state index contributed by atoms with van der Waals surface area (Å²) in [6.07, 6.45) is 1.42. The molecule has 256 valence electrons. The molecule has 2 aromatic rings. The third kappa shape index (κ3) is 6.21. The van der Waals surface area contributed by atoms with Crippen molar-refractivity contribution < 1.29 is 52.4 Å². The Labute approximate surface area is 279 Å². The van der Waals surface area contributed by atoms with Crippen LogP contribution in [0.2, 0.25) is 0 Å². The smallest absolute Gasteiger partial charge is 0.340 e. The first-order chi connectivity index (χ1) is 22.7. The quantitative estimate of drug-likeness (QED) is 0.214. The average molecular weight is 664 g/mol. The van der Waals surface area contributed by atoms with Crippen molar-refractivity contribution in [2.75, 3.05) is 6.61 Å². The van der Waals surface area contributed by atoms with Crippen molar-refractivity contribution in [1.82, 2.24) is 4.98 Å². The van der Waals surface area contributed by atoms with Crippen LogP contribution in [0.3, 0.4) is 0 Å². The highest BCUT2D eigenvalue weighted by Crippen LogP contribution is 2.68. The molecular weight excluding hydrogens is 622 g/mol. The fourth-order valence-electron chi connectivity index (χ4n) is 8.06. The molecule has 1 saturated heterocycles. The van der Waals surface area contributed by atoms with Crippen LogP contribution in [0.1, 0.15) is 70.3 Å². The average Bonchev–Trinajstić information content (AvgIpc) is 3.22. The molecule has 1 aliphatic heterocycles. The zero-order chi connectivity index (χ0) is 34.9. The van der Waals surface area contributed by atoms with E-state index < -0.39 is 89.3 Å². The van der Waals surface area contributed by atoms with Gasteiger partial charge in [-0.3, -0.25) is 19.4 Å². The highest BCUT2D eigenvalue weighted by Gasteiger charge is 2.84. The van der Waals surface area contributed by atoms with Gasteiger partial charge in [-0.05, 0) is 56.4 Å². The van der Waals surface area contributed by atoms with Gasteiger partial charge in [0, 0.05) is 39.2 Å². The van der Waals surface area contributed by atoms with E-state index in [-0.39, 0.29) is 12.0 Å². The number of fused-ring (bicyclic) bond motifs is 1. The lowest BCUT2D eigenvalue weighted by molar-refractivity contribution is -0.314. The Kier molecular flexibility index (Phi) is 9.77. The molecule has 1 spiro atoms. The van der Waals surface area contributed by atoms with E-state index in [0.717, 1.165) is 5.56 Å². The van der Waals surface area contributed by atoms with Crippen molar-refractivity contribution in [3.8, 4) is 0 Å². The van der Waals surface area contributed by atoms with Crippen molar-refractivity contribution in [3.63, 3.8) is 0 Å². The Morgan fingerprint density at radius 3 is 2.21 bits per heavy atom. The summed E-state index contributed by atoms with van der Waals surface area (Å²) in [5, 5.41) is 0. The third-order valence-corrected chi connectivity index (χ3v) is 9.75. The van der Waals surface area contributed by atoms with Crippen LogP contribution in [0.15, 0.2) is 60.9 Å². The molecule has 1 aromatic carbocycles. The molecule has 2 heterocycles. The van der Waals surface area contributed by atoms with Crippen molar-refractivity contribution in [1.29, 1.82) is 0 Å². The number of rotatable bonds is 9. The summed E-state index contributed by atoms with van der Waals surface area (Å²) >= 11 is 0. The van der Waals surface area contributed by atoms with Gasteiger partial charge in [0.15, 0.2) is 6.10 Å². The number of nitrogens with zero attached hydrogens (tertiary/aromatic N) is 1. The van der Waals surface area contributed by atoms with E-state index in [4.69, 9.17) is 28.4 Å². The molecular formula is C36H41NO11. The van der Waals surface area contributed by atoms with Crippen molar-refractivity contribution in [2.45, 2.75) is 90.0 Å². The van der Waals surface area contributed by atoms with Crippen molar-refractivity contribution >= 4 is 35.9 Å². The lowest BCUT2D eigenvalue weighted by atomic mass is 9.47. The molecule has 48 heavy (non-hydrogen) atoms. The predicted octanol–water partition coefficient (Wildman–Crippen LogP) is 4.25. The molecule has 12 nitrogen and oxygen atoms in total. The molecule has 3 fully saturated rings. The van der Waals surface area contributed by atoms with Gasteiger partial charge in [0.2, 0.25) is 0 Å². The molecule has 5 rings (SSSR count). The summed E-state index contributed by atoms with van der Waals surface area (Å²) in [7, 11) is 0. The summed E-state index contributed by atoms with van der Waals surface area (Å²) in [5.74, 6) is -4.80. The van der Waals surface area contributed by atoms with Crippen LogP contribution < -0.4 is 0 Å². The van der Waals surface area contributed by atoms with Gasteiger partial charge < -0.3 is 28.4 Å². The number of ether oxygens (including phenoxy) is 6. The maximum Gasteiger partial charge on any atom is 0.340 e. The van der Waals surface area contributed by atoms with E-state index >= 15 is 0 Å². The number of hydrogen-bond acceptors (Lipinski definition) is 12. The lowest BCUT2D eigenvalue weighted by Gasteiger charge is -2.63. The van der Waals surface area contributed by atoms with Crippen molar-refractivity contribution in [2.24, 2.45) is 17.3 Å². The summed E-state index contributed by atoms with van der Waals surface area (Å²) in [4.78, 5) is 69.6. The van der Waals surface area contributed by atoms with Crippen LogP contribution in [0.25, 0.3) is 6.08 Å². The minimum Gasteiger partial charge on any atom is -0.465 e. The van der Waals surface area contributed by atoms with Gasteiger partial charge in [-0.2, -0.15) is 0 Å². The van der Waals surface area contributed by atoms with Gasteiger partial charge in [-0.15, -0.1) is 0 Å². The maximum absolute atomic E-state index is 13.9. The van der Waals surface area contributed by atoms with Gasteiger partial charge in [-0.25, -0.2) is 9.59 Å². The monoisotopic (exact) mass is 663 g/mol. The van der Waals surface area contributed by atoms with Crippen LogP contribution in [0.4, 0.5) is 0 Å². The molecule has 3 aliphatic rings. The molecule has 2 bridgehead atoms. The highest BCUT2D eigenvalue weighted by atomic mass is 16.6. The molecule has 0 radical (unpaired) electrons. The standard InChI is InChI=1S/C36H41NO11/c1-21-14-16-27(46-28(41)17-15-25-11-8-7-9-12-25)35(20-43-22(2)38)32(47-33(42)26-13-10-18-37-19-26)30(44-23(3)39)29-31(45-24(4)40)36(21,35)48-34(29,5)6/h7-13,15,17-19,21,27,29-32H,14,16,20H2,1-6H3/b17-15+/t21-,27+,29-,30-,31-,32-,35+,36-/m1/s1. The fraction of sp³-hybridized carbons (Fsp3) is 0.500. The Morgan fingerprint density at radius 1 is 0.875 bits per heavy atom. The Balaban J connectivity index is 1.74. The first kappa shape index (κ1) is 34.7. The van der Waals surface area contributed by atoms with E-state index in [1.54, 1.807) is 26.0 Å². The second-order valence-electron chi connectivity index (χ2n) is 13.2. The fourth-order valence-corrected chi connectivity index (χ4v) is 8.06. The van der Waals surface area contributed by atoms with Gasteiger partial charge >= 0.3 is 29.8 Å². The van der Waals surface area contributed by atoms with E-state index in [0.29, 0.717) is 6.42 Å². The van der Waals surface area contributed by atoms with E-state index in [9.17, 15) is 24.0 Å². The highest BCUT2D eigenvalue weighted by molar-refractivity contribution is 5.89. The molecule has 12 heteroatoms. The second-order valence-corrected chi connectivity index (χ2v) is 13.2. The number of pyridine rings is 1. The number of esters is 5. The number of carbonyl (C=O) groups excluding carboxylic acids is 5. The Hall–Kier alpha value is -4.58. The number of carbonyl (C=O) groups is 5. The number of aromatic nitrogens is 1. The minimum absolute atomic E-state index is 0.105. The van der Waals surface area contributed by atoms with Crippen LogP contribution in [-0.2, 0) is 47.6 Å². The van der Waals surface area contributed by atoms with E-state index in [1.165, 1.54) is 45.3 Å².